The average Bonchev–Trinajstić information content (AvgIpc) is 2.53. The highest BCUT2D eigenvalue weighted by Gasteiger charge is 2.00. The molecule has 4 nitrogen and oxygen atoms in total. The molecule has 2 rings (SSSR count). The Morgan fingerprint density at radius 2 is 1.86 bits per heavy atom. The predicted octanol–water partition coefficient (Wildman–Crippen LogP) is 3.25. The summed E-state index contributed by atoms with van der Waals surface area (Å²) in [6.07, 6.45) is 0. The molecule has 0 amide bonds. The summed E-state index contributed by atoms with van der Waals surface area (Å²) in [5, 5.41) is 6.97. The van der Waals surface area contributed by atoms with Crippen molar-refractivity contribution in [3.8, 4) is 5.75 Å². The largest absolute Gasteiger partial charge is 0.497 e. The zero-order chi connectivity index (χ0) is 15.9. The number of benzene rings is 2. The Labute approximate surface area is 137 Å². The van der Waals surface area contributed by atoms with Gasteiger partial charge in [0, 0.05) is 32.0 Å². The van der Waals surface area contributed by atoms with Gasteiger partial charge in [0.1, 0.15) is 5.75 Å². The van der Waals surface area contributed by atoms with Crippen molar-refractivity contribution in [2.24, 2.45) is 0 Å². The van der Waals surface area contributed by atoms with Gasteiger partial charge in [0.25, 0.3) is 0 Å². The molecule has 0 aliphatic carbocycles. The van der Waals surface area contributed by atoms with Gasteiger partial charge in [-0.05, 0) is 54.2 Å². The Balaban J connectivity index is 1.87. The quantitative estimate of drug-likeness (QED) is 0.828. The highest BCUT2D eigenvalue weighted by atomic mass is 32.1. The minimum absolute atomic E-state index is 0.598. The zero-order valence-electron chi connectivity index (χ0n) is 13.1. The van der Waals surface area contributed by atoms with E-state index in [9.17, 15) is 0 Å². The van der Waals surface area contributed by atoms with Crippen LogP contribution in [0.15, 0.2) is 48.5 Å². The first-order valence-electron chi connectivity index (χ1n) is 7.03. The van der Waals surface area contributed by atoms with E-state index in [4.69, 9.17) is 17.0 Å². The first kappa shape index (κ1) is 16.1. The van der Waals surface area contributed by atoms with Crippen LogP contribution in [-0.2, 0) is 6.54 Å². The third kappa shape index (κ3) is 4.63. The van der Waals surface area contributed by atoms with E-state index in [0.29, 0.717) is 11.7 Å². The molecule has 2 N–H and O–H groups in total. The fourth-order valence-electron chi connectivity index (χ4n) is 1.98. The third-order valence-corrected chi connectivity index (χ3v) is 3.48. The molecule has 0 unspecified atom stereocenters. The smallest absolute Gasteiger partial charge is 0.171 e. The van der Waals surface area contributed by atoms with E-state index in [-0.39, 0.29) is 0 Å². The van der Waals surface area contributed by atoms with Gasteiger partial charge in [-0.2, -0.15) is 0 Å². The van der Waals surface area contributed by atoms with Gasteiger partial charge in [0.05, 0.1) is 7.11 Å². The van der Waals surface area contributed by atoms with Crippen molar-refractivity contribution < 1.29 is 4.74 Å². The number of hydrogen-bond acceptors (Lipinski definition) is 3. The van der Waals surface area contributed by atoms with Crippen LogP contribution in [0.25, 0.3) is 0 Å². The second kappa shape index (κ2) is 7.66. The molecule has 2 aromatic carbocycles. The lowest BCUT2D eigenvalue weighted by Crippen LogP contribution is -2.27. The van der Waals surface area contributed by atoms with Crippen LogP contribution < -0.4 is 20.3 Å². The summed E-state index contributed by atoms with van der Waals surface area (Å²) in [5.41, 5.74) is 3.24. The molecule has 0 aliphatic rings. The summed E-state index contributed by atoms with van der Waals surface area (Å²) < 4.78 is 5.21. The van der Waals surface area contributed by atoms with Crippen molar-refractivity contribution in [2.45, 2.75) is 6.54 Å². The topological polar surface area (TPSA) is 36.5 Å². The van der Waals surface area contributed by atoms with Gasteiger partial charge in [-0.15, -0.1) is 0 Å². The lowest BCUT2D eigenvalue weighted by molar-refractivity contribution is 0.414. The van der Waals surface area contributed by atoms with Crippen LogP contribution in [-0.4, -0.2) is 26.3 Å². The number of rotatable bonds is 5. The van der Waals surface area contributed by atoms with Crippen molar-refractivity contribution in [2.75, 3.05) is 31.4 Å². The molecule has 0 aromatic heterocycles. The second-order valence-corrected chi connectivity index (χ2v) is 5.51. The van der Waals surface area contributed by atoms with E-state index in [2.05, 4.69) is 15.5 Å². The van der Waals surface area contributed by atoms with Crippen molar-refractivity contribution in [3.63, 3.8) is 0 Å². The number of ether oxygens (including phenoxy) is 1. The maximum absolute atomic E-state index is 5.32. The monoisotopic (exact) mass is 315 g/mol. The van der Waals surface area contributed by atoms with Gasteiger partial charge < -0.3 is 20.3 Å². The molecule has 0 atom stereocenters. The van der Waals surface area contributed by atoms with E-state index < -0.39 is 0 Å². The Hall–Kier alpha value is -2.27. The van der Waals surface area contributed by atoms with E-state index in [1.54, 1.807) is 7.11 Å². The Morgan fingerprint density at radius 3 is 2.50 bits per heavy atom. The molecule has 0 bridgehead atoms. The number of hydrogen-bond donors (Lipinski definition) is 2. The fourth-order valence-corrected chi connectivity index (χ4v) is 2.17. The molecule has 0 aliphatic heterocycles. The van der Waals surface area contributed by atoms with Crippen LogP contribution in [0.2, 0.25) is 0 Å². The maximum atomic E-state index is 5.32. The summed E-state index contributed by atoms with van der Waals surface area (Å²) in [4.78, 5) is 2.06. The number of methoxy groups -OCH3 is 1. The normalized spacial score (nSPS) is 9.95. The SMILES string of the molecule is COc1cccc(CNC(=S)Nc2ccc(N(C)C)cc2)c1. The molecule has 0 saturated carbocycles. The molecule has 2 aromatic rings. The first-order valence-corrected chi connectivity index (χ1v) is 7.44. The van der Waals surface area contributed by atoms with Crippen LogP contribution in [0.4, 0.5) is 11.4 Å². The van der Waals surface area contributed by atoms with Crippen molar-refractivity contribution in [1.29, 1.82) is 0 Å². The van der Waals surface area contributed by atoms with Crippen molar-refractivity contribution in [1.82, 2.24) is 5.32 Å². The van der Waals surface area contributed by atoms with E-state index >= 15 is 0 Å². The number of thiocarbonyl (C=S) groups is 1. The highest BCUT2D eigenvalue weighted by molar-refractivity contribution is 7.80. The van der Waals surface area contributed by atoms with Crippen LogP contribution in [0, 0.1) is 0 Å². The highest BCUT2D eigenvalue weighted by Crippen LogP contribution is 2.16. The van der Waals surface area contributed by atoms with Gasteiger partial charge >= 0.3 is 0 Å². The van der Waals surface area contributed by atoms with Gasteiger partial charge in [0.15, 0.2) is 5.11 Å². The molecule has 0 fully saturated rings. The molecule has 0 radical (unpaired) electrons. The molecule has 5 heteroatoms. The minimum Gasteiger partial charge on any atom is -0.497 e. The molecule has 116 valence electrons. The average molecular weight is 315 g/mol. The minimum atomic E-state index is 0.598. The molecule has 0 saturated heterocycles. The summed E-state index contributed by atoms with van der Waals surface area (Å²) in [5.74, 6) is 0.845. The number of nitrogens with one attached hydrogen (secondary N) is 2. The van der Waals surface area contributed by atoms with Crippen LogP contribution in [0.3, 0.4) is 0 Å². The maximum Gasteiger partial charge on any atom is 0.171 e. The fraction of sp³-hybridized carbons (Fsp3) is 0.235. The summed E-state index contributed by atoms with van der Waals surface area (Å²) >= 11 is 5.32. The summed E-state index contributed by atoms with van der Waals surface area (Å²) in [6, 6.07) is 16.0. The van der Waals surface area contributed by atoms with Crippen molar-refractivity contribution in [3.05, 3.63) is 54.1 Å². The molecular formula is C17H21N3OS. The lowest BCUT2D eigenvalue weighted by atomic mass is 10.2. The van der Waals surface area contributed by atoms with Crippen LogP contribution in [0.5, 0.6) is 5.75 Å². The summed E-state index contributed by atoms with van der Waals surface area (Å²) in [6.45, 7) is 0.652. The molecule has 22 heavy (non-hydrogen) atoms. The van der Waals surface area contributed by atoms with Gasteiger partial charge in [0.2, 0.25) is 0 Å². The number of nitrogens with zero attached hydrogens (tertiary/aromatic N) is 1. The standard InChI is InChI=1S/C17H21N3OS/c1-20(2)15-9-7-14(8-10-15)19-17(22)18-12-13-5-4-6-16(11-13)21-3/h4-11H,12H2,1-3H3,(H2,18,19,22). The van der Waals surface area contributed by atoms with Crippen LogP contribution in [0.1, 0.15) is 5.56 Å². The van der Waals surface area contributed by atoms with Gasteiger partial charge in [-0.3, -0.25) is 0 Å². The Kier molecular flexibility index (Phi) is 5.61. The van der Waals surface area contributed by atoms with Gasteiger partial charge in [-0.25, -0.2) is 0 Å². The Morgan fingerprint density at radius 1 is 1.14 bits per heavy atom. The third-order valence-electron chi connectivity index (χ3n) is 3.23. The lowest BCUT2D eigenvalue weighted by Gasteiger charge is -2.14. The predicted molar refractivity (Wildman–Crippen MR) is 96.8 cm³/mol. The van der Waals surface area contributed by atoms with Crippen LogP contribution >= 0.6 is 12.2 Å². The number of anilines is 2. The zero-order valence-corrected chi connectivity index (χ0v) is 13.9. The first-order chi connectivity index (χ1) is 10.6. The molecule has 0 spiro atoms. The van der Waals surface area contributed by atoms with Crippen molar-refractivity contribution >= 4 is 28.7 Å². The van der Waals surface area contributed by atoms with Gasteiger partial charge in [-0.1, -0.05) is 12.1 Å². The van der Waals surface area contributed by atoms with E-state index in [1.807, 2.05) is 62.6 Å². The summed E-state index contributed by atoms with van der Waals surface area (Å²) in [7, 11) is 5.70. The Bertz CT molecular complexity index is 626. The second-order valence-electron chi connectivity index (χ2n) is 5.10. The molecular weight excluding hydrogens is 294 g/mol. The molecule has 0 heterocycles. The van der Waals surface area contributed by atoms with E-state index in [1.165, 1.54) is 0 Å². The van der Waals surface area contributed by atoms with E-state index in [0.717, 1.165) is 22.7 Å².